The molecule has 25 heavy (non-hydrogen) atoms. The molecule has 1 N–H and O–H groups in total. The number of nitrogens with zero attached hydrogens (tertiary/aromatic N) is 2. The van der Waals surface area contributed by atoms with E-state index in [4.69, 9.17) is 9.47 Å². The Labute approximate surface area is 151 Å². The third-order valence-corrected chi connectivity index (χ3v) is 4.91. The van der Waals surface area contributed by atoms with Gasteiger partial charge in [0.15, 0.2) is 5.13 Å². The normalized spacial score (nSPS) is 16.6. The van der Waals surface area contributed by atoms with Crippen LogP contribution in [0, 0.1) is 0 Å². The van der Waals surface area contributed by atoms with E-state index in [1.54, 1.807) is 17.3 Å². The first-order valence-corrected chi connectivity index (χ1v) is 9.36. The van der Waals surface area contributed by atoms with Crippen LogP contribution in [0.25, 0.3) is 0 Å². The number of nitrogens with one attached hydrogen (secondary N) is 1. The summed E-state index contributed by atoms with van der Waals surface area (Å²) < 4.78 is 11.4. The zero-order valence-corrected chi connectivity index (χ0v) is 15.1. The van der Waals surface area contributed by atoms with Crippen molar-refractivity contribution < 1.29 is 14.3 Å². The molecule has 1 saturated heterocycles. The first kappa shape index (κ1) is 17.7. The number of anilines is 1. The number of aromatic nitrogens is 1. The summed E-state index contributed by atoms with van der Waals surface area (Å²) in [5, 5.41) is 5.49. The number of amides is 1. The molecule has 0 radical (unpaired) electrons. The van der Waals surface area contributed by atoms with Crippen molar-refractivity contribution in [2.24, 2.45) is 0 Å². The van der Waals surface area contributed by atoms with E-state index < -0.39 is 0 Å². The predicted molar refractivity (Wildman–Crippen MR) is 98.5 cm³/mol. The lowest BCUT2D eigenvalue weighted by atomic mass is 10.2. The predicted octanol–water partition coefficient (Wildman–Crippen LogP) is 2.89. The number of benzene rings is 1. The number of thiazole rings is 1. The molecule has 1 aliphatic heterocycles. The molecule has 0 bridgehead atoms. The number of para-hydroxylation sites is 1. The number of ether oxygens (including phenoxy) is 2. The quantitative estimate of drug-likeness (QED) is 0.783. The second-order valence-corrected chi connectivity index (χ2v) is 6.69. The molecule has 2 aromatic rings. The molecule has 134 valence electrons. The lowest BCUT2D eigenvalue weighted by Gasteiger charge is -2.24. The van der Waals surface area contributed by atoms with Gasteiger partial charge in [0.25, 0.3) is 5.91 Å². The molecule has 0 spiro atoms. The smallest absolute Gasteiger partial charge is 0.273 e. The topological polar surface area (TPSA) is 63.7 Å². The molecule has 1 fully saturated rings. The van der Waals surface area contributed by atoms with Gasteiger partial charge in [0, 0.05) is 25.6 Å². The SMILES string of the molecule is CNc1nc(C(=O)N(CCOc2ccccc2)CC2CCCO2)cs1. The van der Waals surface area contributed by atoms with Crippen LogP contribution in [0.3, 0.4) is 0 Å². The van der Waals surface area contributed by atoms with E-state index in [0.717, 1.165) is 30.3 Å². The van der Waals surface area contributed by atoms with Crippen LogP contribution < -0.4 is 10.1 Å². The molecular weight excluding hydrogens is 338 g/mol. The fourth-order valence-corrected chi connectivity index (χ4v) is 3.39. The summed E-state index contributed by atoms with van der Waals surface area (Å²) in [6.45, 7) is 2.28. The standard InChI is InChI=1S/C18H23N3O3S/c1-19-18-20-16(13-25-18)17(22)21(12-15-8-5-10-23-15)9-11-24-14-6-3-2-4-7-14/h2-4,6-7,13,15H,5,8-12H2,1H3,(H,19,20). The summed E-state index contributed by atoms with van der Waals surface area (Å²) in [4.78, 5) is 18.9. The molecule has 2 heterocycles. The molecule has 1 aromatic carbocycles. The van der Waals surface area contributed by atoms with E-state index in [-0.39, 0.29) is 12.0 Å². The highest BCUT2D eigenvalue weighted by Crippen LogP contribution is 2.19. The van der Waals surface area contributed by atoms with Crippen molar-refractivity contribution in [1.82, 2.24) is 9.88 Å². The average molecular weight is 361 g/mol. The molecule has 3 rings (SSSR count). The first-order valence-electron chi connectivity index (χ1n) is 8.48. The van der Waals surface area contributed by atoms with E-state index in [9.17, 15) is 4.79 Å². The number of carbonyl (C=O) groups excluding carboxylic acids is 1. The van der Waals surface area contributed by atoms with Crippen molar-refractivity contribution in [2.75, 3.05) is 38.7 Å². The fraction of sp³-hybridized carbons (Fsp3) is 0.444. The second-order valence-electron chi connectivity index (χ2n) is 5.84. The molecule has 1 aliphatic rings. The van der Waals surface area contributed by atoms with E-state index >= 15 is 0 Å². The zero-order chi connectivity index (χ0) is 17.5. The highest BCUT2D eigenvalue weighted by molar-refractivity contribution is 7.13. The van der Waals surface area contributed by atoms with Gasteiger partial charge in [-0.05, 0) is 25.0 Å². The molecule has 1 amide bonds. The highest BCUT2D eigenvalue weighted by Gasteiger charge is 2.24. The van der Waals surface area contributed by atoms with Crippen molar-refractivity contribution in [3.05, 3.63) is 41.4 Å². The van der Waals surface area contributed by atoms with Gasteiger partial charge in [0.05, 0.1) is 12.6 Å². The van der Waals surface area contributed by atoms with Crippen LogP contribution in [0.1, 0.15) is 23.3 Å². The zero-order valence-electron chi connectivity index (χ0n) is 14.3. The molecule has 1 unspecified atom stereocenters. The molecule has 0 saturated carbocycles. The Kier molecular flexibility index (Phi) is 6.25. The molecule has 1 atom stereocenters. The van der Waals surface area contributed by atoms with Gasteiger partial charge < -0.3 is 19.7 Å². The van der Waals surface area contributed by atoms with E-state index in [0.29, 0.717) is 25.4 Å². The maximum absolute atomic E-state index is 12.8. The number of hydrogen-bond acceptors (Lipinski definition) is 6. The summed E-state index contributed by atoms with van der Waals surface area (Å²) in [5.41, 5.74) is 0.465. The summed E-state index contributed by atoms with van der Waals surface area (Å²) >= 11 is 1.43. The third kappa shape index (κ3) is 4.93. The Balaban J connectivity index is 1.62. The van der Waals surface area contributed by atoms with Crippen LogP contribution in [0.15, 0.2) is 35.7 Å². The minimum absolute atomic E-state index is 0.0788. The van der Waals surface area contributed by atoms with Gasteiger partial charge in [-0.1, -0.05) is 18.2 Å². The van der Waals surface area contributed by atoms with Crippen molar-refractivity contribution in [2.45, 2.75) is 18.9 Å². The van der Waals surface area contributed by atoms with Gasteiger partial charge in [0.1, 0.15) is 18.1 Å². The van der Waals surface area contributed by atoms with Crippen LogP contribution in [-0.4, -0.2) is 55.2 Å². The summed E-state index contributed by atoms with van der Waals surface area (Å²) in [7, 11) is 1.80. The van der Waals surface area contributed by atoms with Crippen LogP contribution in [-0.2, 0) is 4.74 Å². The van der Waals surface area contributed by atoms with Crippen LogP contribution in [0.5, 0.6) is 5.75 Å². The van der Waals surface area contributed by atoms with Gasteiger partial charge in [-0.2, -0.15) is 0 Å². The molecular formula is C18H23N3O3S. The molecule has 1 aromatic heterocycles. The minimum atomic E-state index is -0.0788. The molecule has 7 heteroatoms. The molecule has 0 aliphatic carbocycles. The minimum Gasteiger partial charge on any atom is -0.492 e. The Hall–Kier alpha value is -2.12. The third-order valence-electron chi connectivity index (χ3n) is 4.05. The number of carbonyl (C=O) groups is 1. The van der Waals surface area contributed by atoms with Crippen LogP contribution >= 0.6 is 11.3 Å². The van der Waals surface area contributed by atoms with Crippen molar-refractivity contribution in [3.8, 4) is 5.75 Å². The second kappa shape index (κ2) is 8.82. The largest absolute Gasteiger partial charge is 0.492 e. The Bertz CT molecular complexity index is 671. The van der Waals surface area contributed by atoms with Gasteiger partial charge in [-0.15, -0.1) is 11.3 Å². The van der Waals surface area contributed by atoms with Crippen LogP contribution in [0.2, 0.25) is 0 Å². The van der Waals surface area contributed by atoms with Gasteiger partial charge in [-0.3, -0.25) is 4.79 Å². The molecule has 6 nitrogen and oxygen atoms in total. The van der Waals surface area contributed by atoms with Gasteiger partial charge in [-0.25, -0.2) is 4.98 Å². The van der Waals surface area contributed by atoms with E-state index in [1.807, 2.05) is 30.3 Å². The Morgan fingerprint density at radius 1 is 1.44 bits per heavy atom. The highest BCUT2D eigenvalue weighted by atomic mass is 32.1. The van der Waals surface area contributed by atoms with Crippen LogP contribution in [0.4, 0.5) is 5.13 Å². The van der Waals surface area contributed by atoms with Gasteiger partial charge in [0.2, 0.25) is 0 Å². The maximum Gasteiger partial charge on any atom is 0.273 e. The fourth-order valence-electron chi connectivity index (χ4n) is 2.75. The Morgan fingerprint density at radius 2 is 2.28 bits per heavy atom. The average Bonchev–Trinajstić information content (AvgIpc) is 3.33. The van der Waals surface area contributed by atoms with Crippen molar-refractivity contribution in [3.63, 3.8) is 0 Å². The lowest BCUT2D eigenvalue weighted by molar-refractivity contribution is 0.0490. The lowest BCUT2D eigenvalue weighted by Crippen LogP contribution is -2.40. The summed E-state index contributed by atoms with van der Waals surface area (Å²) in [6, 6.07) is 9.62. The van der Waals surface area contributed by atoms with E-state index in [1.165, 1.54) is 11.3 Å². The van der Waals surface area contributed by atoms with Crippen molar-refractivity contribution in [1.29, 1.82) is 0 Å². The number of hydrogen-bond donors (Lipinski definition) is 1. The summed E-state index contributed by atoms with van der Waals surface area (Å²) in [5.74, 6) is 0.725. The number of rotatable bonds is 8. The monoisotopic (exact) mass is 361 g/mol. The van der Waals surface area contributed by atoms with Crippen molar-refractivity contribution >= 4 is 22.4 Å². The summed E-state index contributed by atoms with van der Waals surface area (Å²) in [6.07, 6.45) is 2.14. The Morgan fingerprint density at radius 3 is 2.96 bits per heavy atom. The van der Waals surface area contributed by atoms with E-state index in [2.05, 4.69) is 10.3 Å². The first-order chi connectivity index (χ1) is 12.3. The maximum atomic E-state index is 12.8. The van der Waals surface area contributed by atoms with Gasteiger partial charge >= 0.3 is 0 Å².